The van der Waals surface area contributed by atoms with Crippen molar-refractivity contribution in [3.8, 4) is 0 Å². The van der Waals surface area contributed by atoms with Crippen LogP contribution in [-0.4, -0.2) is 8.42 Å². The van der Waals surface area contributed by atoms with Crippen LogP contribution >= 0.6 is 20.2 Å². The molecule has 0 saturated carbocycles. The van der Waals surface area contributed by atoms with E-state index >= 15 is 0 Å². The van der Waals surface area contributed by atoms with Gasteiger partial charge in [0, 0.05) is 0 Å². The van der Waals surface area contributed by atoms with Gasteiger partial charge < -0.3 is 0 Å². The first-order valence-electron chi connectivity index (χ1n) is 8.32. The summed E-state index contributed by atoms with van der Waals surface area (Å²) in [5.41, 5.74) is 1.75. The van der Waals surface area contributed by atoms with E-state index < -0.39 is 64.3 Å². The van der Waals surface area contributed by atoms with E-state index in [4.69, 9.17) is 2.51 Å². The van der Waals surface area contributed by atoms with Gasteiger partial charge >= 0.3 is 178 Å². The van der Waals surface area contributed by atoms with Crippen LogP contribution in [-0.2, 0) is 12.6 Å². The predicted molar refractivity (Wildman–Crippen MR) is 108 cm³/mol. The molecule has 0 saturated heterocycles. The predicted octanol–water partition coefficient (Wildman–Crippen LogP) is 5.87. The van der Waals surface area contributed by atoms with Crippen molar-refractivity contribution in [2.75, 3.05) is 0 Å². The van der Waals surface area contributed by atoms with E-state index in [0.29, 0.717) is 7.14 Å². The number of halogens is 6. The molecule has 0 aliphatic rings. The summed E-state index contributed by atoms with van der Waals surface area (Å²) >= 11 is -3.36. The van der Waals surface area contributed by atoms with E-state index in [1.165, 1.54) is 0 Å². The van der Waals surface area contributed by atoms with Gasteiger partial charge in [0.25, 0.3) is 0 Å². The Balaban J connectivity index is 2.15. The van der Waals surface area contributed by atoms with Crippen LogP contribution in [0.2, 0.25) is 0 Å². The molecule has 0 N–H and O–H groups in total. The van der Waals surface area contributed by atoms with Crippen molar-refractivity contribution in [3.05, 3.63) is 95.9 Å². The van der Waals surface area contributed by atoms with Gasteiger partial charge in [0.15, 0.2) is 0 Å². The quantitative estimate of drug-likeness (QED) is 0.171. The van der Waals surface area contributed by atoms with Crippen LogP contribution in [0.15, 0.2) is 53.4 Å². The zero-order valence-electron chi connectivity index (χ0n) is 15.5. The van der Waals surface area contributed by atoms with E-state index in [-0.39, 0.29) is 0 Å². The van der Waals surface area contributed by atoms with Gasteiger partial charge in [-0.3, -0.25) is 0 Å². The number of hydrogen-bond acceptors (Lipinski definition) is 3. The first-order valence-corrected chi connectivity index (χ1v) is 12.8. The summed E-state index contributed by atoms with van der Waals surface area (Å²) < 4.78 is 100.0. The van der Waals surface area contributed by atoms with Crippen LogP contribution in [0.25, 0.3) is 0 Å². The fourth-order valence-electron chi connectivity index (χ4n) is 2.41. The molecule has 3 aromatic rings. The molecule has 30 heavy (non-hydrogen) atoms. The molecule has 0 aliphatic carbocycles. The normalized spacial score (nSPS) is 12.2. The van der Waals surface area contributed by atoms with Crippen molar-refractivity contribution in [1.29, 1.82) is 0 Å². The van der Waals surface area contributed by atoms with Gasteiger partial charge in [0.1, 0.15) is 0 Å². The summed E-state index contributed by atoms with van der Waals surface area (Å²) in [5.74, 6) is -12.1. The average molecular weight is 556 g/mol. The molecular weight excluding hydrogens is 542 g/mol. The third-order valence-electron chi connectivity index (χ3n) is 3.98. The van der Waals surface area contributed by atoms with Gasteiger partial charge in [-0.05, 0) is 0 Å². The fraction of sp³-hybridized carbons (Fsp3) is 0.100. The molecule has 10 heteroatoms. The number of benzene rings is 3. The van der Waals surface area contributed by atoms with Gasteiger partial charge in [0.05, 0.1) is 0 Å². The number of aryl methyl sites for hydroxylation is 2. The maximum absolute atomic E-state index is 14.1. The van der Waals surface area contributed by atoms with Crippen LogP contribution in [0.3, 0.4) is 0 Å². The van der Waals surface area contributed by atoms with E-state index in [1.807, 2.05) is 0 Å². The summed E-state index contributed by atoms with van der Waals surface area (Å²) in [7, 11) is -5.33. The molecular formula is C20H14F5IO3S. The second kappa shape index (κ2) is 8.60. The molecule has 160 valence electrons. The van der Waals surface area contributed by atoms with Gasteiger partial charge in [-0.15, -0.1) is 0 Å². The fourth-order valence-corrected chi connectivity index (χ4v) is 9.36. The Morgan fingerprint density at radius 1 is 0.633 bits per heavy atom. The van der Waals surface area contributed by atoms with E-state index in [1.54, 1.807) is 62.4 Å². The zero-order valence-corrected chi connectivity index (χ0v) is 18.5. The Hall–Kier alpha value is -2.05. The van der Waals surface area contributed by atoms with Crippen LogP contribution in [0.4, 0.5) is 22.0 Å². The molecule has 0 spiro atoms. The van der Waals surface area contributed by atoms with Crippen molar-refractivity contribution in [2.24, 2.45) is 0 Å². The first-order chi connectivity index (χ1) is 14.0. The summed E-state index contributed by atoms with van der Waals surface area (Å²) in [6, 6.07) is 13.2. The van der Waals surface area contributed by atoms with Gasteiger partial charge in [-0.1, -0.05) is 0 Å². The Bertz CT molecular complexity index is 1120. The maximum atomic E-state index is 14.1. The Kier molecular flexibility index (Phi) is 6.48. The molecule has 0 radical (unpaired) electrons. The van der Waals surface area contributed by atoms with Crippen molar-refractivity contribution >= 4 is 30.4 Å². The van der Waals surface area contributed by atoms with Crippen molar-refractivity contribution in [1.82, 2.24) is 0 Å². The Morgan fingerprint density at radius 3 is 1.33 bits per heavy atom. The topological polar surface area (TPSA) is 43.4 Å². The third-order valence-corrected chi connectivity index (χ3v) is 11.3. The van der Waals surface area contributed by atoms with Crippen LogP contribution in [0.1, 0.15) is 11.1 Å². The Morgan fingerprint density at radius 2 is 0.967 bits per heavy atom. The molecule has 3 nitrogen and oxygen atoms in total. The summed E-state index contributed by atoms with van der Waals surface area (Å²) in [6.45, 7) is 3.61. The molecule has 0 aromatic heterocycles. The molecule has 3 aromatic carbocycles. The molecule has 0 atom stereocenters. The Labute approximate surface area is 177 Å². The van der Waals surface area contributed by atoms with Gasteiger partial charge in [-0.2, -0.15) is 0 Å². The van der Waals surface area contributed by atoms with Crippen LogP contribution in [0, 0.1) is 50.1 Å². The van der Waals surface area contributed by atoms with E-state index in [2.05, 4.69) is 0 Å². The molecule has 0 aliphatic heterocycles. The molecule has 0 fully saturated rings. The second-order valence-electron chi connectivity index (χ2n) is 6.26. The average Bonchev–Trinajstić information content (AvgIpc) is 2.70. The van der Waals surface area contributed by atoms with Crippen LogP contribution < -0.4 is 0 Å². The van der Waals surface area contributed by atoms with Gasteiger partial charge in [-0.25, -0.2) is 0 Å². The van der Waals surface area contributed by atoms with Crippen molar-refractivity contribution in [3.63, 3.8) is 0 Å². The summed E-state index contributed by atoms with van der Waals surface area (Å²) in [5, 5.41) is 0. The minimum atomic E-state index is -5.33. The van der Waals surface area contributed by atoms with E-state index in [0.717, 1.165) is 11.1 Å². The van der Waals surface area contributed by atoms with Crippen molar-refractivity contribution in [2.45, 2.75) is 18.7 Å². The third kappa shape index (κ3) is 4.35. The number of hydrogen-bond donors (Lipinski definition) is 0. The second-order valence-corrected chi connectivity index (χ2v) is 12.7. The molecule has 0 heterocycles. The molecule has 0 bridgehead atoms. The molecule has 3 rings (SSSR count). The zero-order chi connectivity index (χ0) is 22.2. The standard InChI is InChI=1S/C20H14F5IO3S/c1-11-3-7-13(8-4-11)26(14-9-5-12(2)6-10-14)29-30(27,28)20-18(24)16(22)15(21)17(23)19(20)25/h3-10H,1-2H3. The van der Waals surface area contributed by atoms with Crippen LogP contribution in [0.5, 0.6) is 0 Å². The molecule has 0 amide bonds. The SMILES string of the molecule is Cc1ccc(I(OS(=O)(=O)c2c(F)c(F)c(F)c(F)c2F)c2ccc(C)cc2)cc1. The number of rotatable bonds is 5. The monoisotopic (exact) mass is 556 g/mol. The van der Waals surface area contributed by atoms with Crippen molar-refractivity contribution < 1.29 is 32.9 Å². The summed E-state index contributed by atoms with van der Waals surface area (Å²) in [6.07, 6.45) is 0. The molecule has 0 unspecified atom stereocenters. The first kappa shape index (κ1) is 22.6. The summed E-state index contributed by atoms with van der Waals surface area (Å²) in [4.78, 5) is -2.00. The van der Waals surface area contributed by atoms with Gasteiger partial charge in [0.2, 0.25) is 0 Å². The minimum absolute atomic E-state index is 0.459. The van der Waals surface area contributed by atoms with E-state index in [9.17, 15) is 30.4 Å².